The molecule has 1 aliphatic rings. The molecule has 0 aromatic heterocycles. The summed E-state index contributed by atoms with van der Waals surface area (Å²) in [5.41, 5.74) is 0. The van der Waals surface area contributed by atoms with Crippen molar-refractivity contribution in [3.05, 3.63) is 28.2 Å². The summed E-state index contributed by atoms with van der Waals surface area (Å²) in [7, 11) is 0.884. The summed E-state index contributed by atoms with van der Waals surface area (Å²) in [4.78, 5) is 0.769. The molecule has 0 spiro atoms. The second-order valence-corrected chi connectivity index (χ2v) is 8.21. The van der Waals surface area contributed by atoms with E-state index in [1.165, 1.54) is 0 Å². The van der Waals surface area contributed by atoms with Crippen LogP contribution in [0.3, 0.4) is 0 Å². The van der Waals surface area contributed by atoms with E-state index in [0.29, 0.717) is 21.9 Å². The number of rotatable bonds is 3. The van der Waals surface area contributed by atoms with Crippen molar-refractivity contribution < 1.29 is 4.21 Å². The summed E-state index contributed by atoms with van der Waals surface area (Å²) in [5.74, 6) is 1.09. The van der Waals surface area contributed by atoms with Crippen molar-refractivity contribution >= 4 is 34.0 Å². The van der Waals surface area contributed by atoms with Crippen LogP contribution in [0.1, 0.15) is 26.7 Å². The zero-order valence-electron chi connectivity index (χ0n) is 12.0. The van der Waals surface area contributed by atoms with Gasteiger partial charge in [-0.25, -0.2) is 0 Å². The van der Waals surface area contributed by atoms with Crippen LogP contribution < -0.4 is 5.32 Å². The van der Waals surface area contributed by atoms with Gasteiger partial charge in [-0.15, -0.1) is 0 Å². The summed E-state index contributed by atoms with van der Waals surface area (Å²) in [6.07, 6.45) is 2.19. The van der Waals surface area contributed by atoms with Crippen LogP contribution >= 0.6 is 23.2 Å². The van der Waals surface area contributed by atoms with Gasteiger partial charge in [-0.3, -0.25) is 4.21 Å². The molecule has 1 aromatic rings. The molecule has 2 rings (SSSR count). The zero-order chi connectivity index (χ0) is 14.9. The third kappa shape index (κ3) is 3.38. The Labute approximate surface area is 133 Å². The highest BCUT2D eigenvalue weighted by atomic mass is 35.5. The number of nitrogens with one attached hydrogen (secondary N) is 1. The van der Waals surface area contributed by atoms with Gasteiger partial charge >= 0.3 is 0 Å². The second-order valence-electron chi connectivity index (χ2n) is 5.79. The van der Waals surface area contributed by atoms with Gasteiger partial charge in [-0.05, 0) is 49.9 Å². The van der Waals surface area contributed by atoms with E-state index in [0.717, 1.165) is 17.7 Å². The Morgan fingerprint density at radius 1 is 1.20 bits per heavy atom. The molecular weight excluding hydrogens is 313 g/mol. The van der Waals surface area contributed by atoms with Crippen LogP contribution in [-0.2, 0) is 10.8 Å². The van der Waals surface area contributed by atoms with Crippen molar-refractivity contribution in [1.29, 1.82) is 0 Å². The summed E-state index contributed by atoms with van der Waals surface area (Å²) in [5, 5.41) is 4.43. The Hall–Kier alpha value is -0.0900. The van der Waals surface area contributed by atoms with Crippen molar-refractivity contribution in [2.75, 3.05) is 7.05 Å². The molecule has 0 aliphatic heterocycles. The molecule has 0 saturated heterocycles. The van der Waals surface area contributed by atoms with Crippen LogP contribution in [0.25, 0.3) is 0 Å². The molecule has 20 heavy (non-hydrogen) atoms. The van der Waals surface area contributed by atoms with Crippen LogP contribution in [0.15, 0.2) is 23.1 Å². The topological polar surface area (TPSA) is 29.1 Å². The Bertz CT molecular complexity index is 509. The van der Waals surface area contributed by atoms with E-state index in [1.54, 1.807) is 12.1 Å². The Kier molecular flexibility index (Phi) is 5.52. The first-order valence-electron chi connectivity index (χ1n) is 6.97. The first-order chi connectivity index (χ1) is 9.43. The average Bonchev–Trinajstić information content (AvgIpc) is 2.40. The van der Waals surface area contributed by atoms with E-state index in [9.17, 15) is 4.21 Å². The molecule has 2 nitrogen and oxygen atoms in total. The largest absolute Gasteiger partial charge is 0.316 e. The maximum Gasteiger partial charge on any atom is 0.0604 e. The van der Waals surface area contributed by atoms with Gasteiger partial charge in [-0.1, -0.05) is 37.0 Å². The first kappa shape index (κ1) is 16.3. The molecule has 1 aliphatic carbocycles. The van der Waals surface area contributed by atoms with Gasteiger partial charge in [-0.2, -0.15) is 0 Å². The maximum absolute atomic E-state index is 12.9. The van der Waals surface area contributed by atoms with Crippen LogP contribution in [0.4, 0.5) is 0 Å². The van der Waals surface area contributed by atoms with E-state index in [2.05, 4.69) is 19.2 Å². The minimum Gasteiger partial charge on any atom is -0.316 e. The molecule has 1 aromatic carbocycles. The predicted molar refractivity (Wildman–Crippen MR) is 87.1 cm³/mol. The summed E-state index contributed by atoms with van der Waals surface area (Å²) in [6, 6.07) is 5.56. The number of hydrogen-bond acceptors (Lipinski definition) is 2. The molecule has 1 fully saturated rings. The third-order valence-corrected chi connectivity index (χ3v) is 6.87. The molecular formula is C15H21Cl2NOS. The van der Waals surface area contributed by atoms with Crippen LogP contribution in [-0.4, -0.2) is 22.5 Å². The maximum atomic E-state index is 12.9. The van der Waals surface area contributed by atoms with Gasteiger partial charge in [0.2, 0.25) is 0 Å². The summed E-state index contributed by atoms with van der Waals surface area (Å²) >= 11 is 12.0. The highest BCUT2D eigenvalue weighted by Gasteiger charge is 2.37. The summed E-state index contributed by atoms with van der Waals surface area (Å²) in [6.45, 7) is 4.46. The lowest BCUT2D eigenvalue weighted by molar-refractivity contribution is 0.253. The molecule has 1 N–H and O–H groups in total. The lowest BCUT2D eigenvalue weighted by atomic mass is 9.80. The van der Waals surface area contributed by atoms with Crippen molar-refractivity contribution in [3.63, 3.8) is 0 Å². The highest BCUT2D eigenvalue weighted by Crippen LogP contribution is 2.35. The van der Waals surface area contributed by atoms with E-state index in [1.807, 2.05) is 13.1 Å². The molecule has 0 bridgehead atoms. The smallest absolute Gasteiger partial charge is 0.0604 e. The number of hydrogen-bond donors (Lipinski definition) is 1. The predicted octanol–water partition coefficient (Wildman–Crippen LogP) is 4.12. The average molecular weight is 334 g/mol. The lowest BCUT2D eigenvalue weighted by Crippen LogP contribution is -2.48. The van der Waals surface area contributed by atoms with E-state index in [-0.39, 0.29) is 11.3 Å². The van der Waals surface area contributed by atoms with Gasteiger partial charge in [0.05, 0.1) is 26.1 Å². The van der Waals surface area contributed by atoms with Crippen molar-refractivity contribution in [1.82, 2.24) is 5.32 Å². The molecule has 1 saturated carbocycles. The van der Waals surface area contributed by atoms with Gasteiger partial charge in [0.25, 0.3) is 0 Å². The number of halogens is 2. The molecule has 5 heteroatoms. The molecule has 0 amide bonds. The molecule has 5 unspecified atom stereocenters. The molecule has 112 valence electrons. The minimum atomic E-state index is -1.07. The van der Waals surface area contributed by atoms with Crippen molar-refractivity contribution in [2.45, 2.75) is 42.9 Å². The Morgan fingerprint density at radius 2 is 1.90 bits per heavy atom. The Morgan fingerprint density at radius 3 is 2.50 bits per heavy atom. The standard InChI is InChI=1S/C15H21Cl2NOS/c1-9-6-10(2)15(14(7-9)18-3)20(19)11-4-5-12(16)13(17)8-11/h4-5,8-10,14-15,18H,6-7H2,1-3H3. The van der Waals surface area contributed by atoms with E-state index < -0.39 is 10.8 Å². The van der Waals surface area contributed by atoms with Crippen LogP contribution in [0.2, 0.25) is 10.0 Å². The monoisotopic (exact) mass is 333 g/mol. The van der Waals surface area contributed by atoms with E-state index >= 15 is 0 Å². The number of benzene rings is 1. The molecule has 0 heterocycles. The first-order valence-corrected chi connectivity index (χ1v) is 8.93. The third-order valence-electron chi connectivity index (χ3n) is 4.13. The fraction of sp³-hybridized carbons (Fsp3) is 0.600. The van der Waals surface area contributed by atoms with E-state index in [4.69, 9.17) is 23.2 Å². The summed E-state index contributed by atoms with van der Waals surface area (Å²) < 4.78 is 12.9. The van der Waals surface area contributed by atoms with Gasteiger partial charge < -0.3 is 5.32 Å². The van der Waals surface area contributed by atoms with Crippen molar-refractivity contribution in [2.24, 2.45) is 11.8 Å². The molecule has 5 atom stereocenters. The van der Waals surface area contributed by atoms with Crippen LogP contribution in [0, 0.1) is 11.8 Å². The van der Waals surface area contributed by atoms with Gasteiger partial charge in [0.1, 0.15) is 0 Å². The zero-order valence-corrected chi connectivity index (χ0v) is 14.4. The lowest BCUT2D eigenvalue weighted by Gasteiger charge is -2.38. The SMILES string of the molecule is CNC1CC(C)CC(C)C1S(=O)c1ccc(Cl)c(Cl)c1. The Balaban J connectivity index is 2.27. The van der Waals surface area contributed by atoms with Gasteiger partial charge in [0.15, 0.2) is 0 Å². The highest BCUT2D eigenvalue weighted by molar-refractivity contribution is 7.85. The fourth-order valence-electron chi connectivity index (χ4n) is 3.23. The van der Waals surface area contributed by atoms with Crippen molar-refractivity contribution in [3.8, 4) is 0 Å². The molecule has 0 radical (unpaired) electrons. The van der Waals surface area contributed by atoms with Gasteiger partial charge in [0, 0.05) is 10.9 Å². The minimum absolute atomic E-state index is 0.119. The normalized spacial score (nSPS) is 32.0. The quantitative estimate of drug-likeness (QED) is 0.901. The second kappa shape index (κ2) is 6.78. The fourth-order valence-corrected chi connectivity index (χ4v) is 5.42. The van der Waals surface area contributed by atoms with Crippen LogP contribution in [0.5, 0.6) is 0 Å².